The van der Waals surface area contributed by atoms with Crippen molar-refractivity contribution < 1.29 is 28.8 Å². The lowest BCUT2D eigenvalue weighted by molar-refractivity contribution is -0.384. The predicted octanol–water partition coefficient (Wildman–Crippen LogP) is 4.78. The average molecular weight is 431 g/mol. The number of aryl methyl sites for hydroxylation is 1. The van der Waals surface area contributed by atoms with E-state index in [1.807, 2.05) is 0 Å². The van der Waals surface area contributed by atoms with Crippen LogP contribution in [0.2, 0.25) is 5.02 Å². The minimum absolute atomic E-state index is 0.00288. The van der Waals surface area contributed by atoms with Crippen LogP contribution in [0.1, 0.15) is 26.5 Å². The highest BCUT2D eigenvalue weighted by atomic mass is 35.5. The number of carboxylic acids is 1. The van der Waals surface area contributed by atoms with E-state index >= 15 is 0 Å². The number of nitrogens with one attached hydrogen (secondary N) is 1. The first-order valence-corrected chi connectivity index (χ1v) is 8.86. The third-order valence-corrected chi connectivity index (χ3v) is 4.47. The molecule has 9 nitrogen and oxygen atoms in total. The van der Waals surface area contributed by atoms with Crippen molar-refractivity contribution in [3.63, 3.8) is 0 Å². The molecule has 1 aromatic heterocycles. The lowest BCUT2D eigenvalue weighted by Gasteiger charge is -2.12. The average Bonchev–Trinajstić information content (AvgIpc) is 3.17. The van der Waals surface area contributed by atoms with Gasteiger partial charge in [-0.1, -0.05) is 17.7 Å². The summed E-state index contributed by atoms with van der Waals surface area (Å²) in [7, 11) is 1.32. The highest BCUT2D eigenvalue weighted by Gasteiger charge is 2.22. The third-order valence-electron chi connectivity index (χ3n) is 4.19. The molecular weight excluding hydrogens is 416 g/mol. The van der Waals surface area contributed by atoms with Crippen LogP contribution in [-0.2, 0) is 0 Å². The van der Waals surface area contributed by atoms with Crippen LogP contribution < -0.4 is 10.1 Å². The number of furan rings is 1. The molecule has 2 aromatic carbocycles. The first-order valence-electron chi connectivity index (χ1n) is 8.48. The van der Waals surface area contributed by atoms with Crippen molar-refractivity contribution >= 4 is 34.9 Å². The summed E-state index contributed by atoms with van der Waals surface area (Å²) < 4.78 is 10.6. The Morgan fingerprint density at radius 1 is 1.20 bits per heavy atom. The van der Waals surface area contributed by atoms with Crippen molar-refractivity contribution in [3.05, 3.63) is 74.5 Å². The van der Waals surface area contributed by atoms with Gasteiger partial charge in [-0.25, -0.2) is 4.79 Å². The molecule has 0 radical (unpaired) electrons. The Balaban J connectivity index is 1.94. The molecule has 0 aliphatic heterocycles. The molecule has 0 saturated carbocycles. The van der Waals surface area contributed by atoms with Crippen LogP contribution in [0.15, 0.2) is 46.9 Å². The van der Waals surface area contributed by atoms with Crippen molar-refractivity contribution in [1.82, 2.24) is 0 Å². The minimum Gasteiger partial charge on any atom is -0.493 e. The Morgan fingerprint density at radius 3 is 2.57 bits per heavy atom. The van der Waals surface area contributed by atoms with Gasteiger partial charge in [-0.05, 0) is 42.8 Å². The number of carbonyl (C=O) groups is 2. The Labute approximate surface area is 175 Å². The maximum atomic E-state index is 12.6. The first kappa shape index (κ1) is 20.9. The summed E-state index contributed by atoms with van der Waals surface area (Å²) in [6, 6.07) is 9.80. The van der Waals surface area contributed by atoms with E-state index in [4.69, 9.17) is 20.8 Å². The molecule has 30 heavy (non-hydrogen) atoms. The fourth-order valence-electron chi connectivity index (χ4n) is 2.81. The van der Waals surface area contributed by atoms with Crippen molar-refractivity contribution in [2.24, 2.45) is 0 Å². The summed E-state index contributed by atoms with van der Waals surface area (Å²) in [5.41, 5.74) is 0.660. The highest BCUT2D eigenvalue weighted by Crippen LogP contribution is 2.36. The molecular formula is C20H15ClN2O7. The Bertz CT molecular complexity index is 1170. The van der Waals surface area contributed by atoms with Gasteiger partial charge < -0.3 is 19.6 Å². The molecule has 1 heterocycles. The van der Waals surface area contributed by atoms with E-state index in [1.54, 1.807) is 13.0 Å². The smallest absolute Gasteiger partial charge is 0.335 e. The number of halogens is 1. The molecule has 0 unspecified atom stereocenters. The summed E-state index contributed by atoms with van der Waals surface area (Å²) in [5, 5.41) is 23.0. The molecule has 0 aliphatic rings. The molecule has 10 heteroatoms. The van der Waals surface area contributed by atoms with E-state index in [2.05, 4.69) is 5.32 Å². The standard InChI is InChI=1S/C20H15ClN2O7/c1-10-3-4-12(15(7-10)23(27)28)16-5-6-17(30-16)19(24)22-14-9-11(20(25)26)8-13(21)18(14)29-2/h3-9H,1-2H3,(H,22,24)(H,25,26). The number of methoxy groups -OCH3 is 1. The number of rotatable bonds is 6. The zero-order valence-electron chi connectivity index (χ0n) is 15.8. The number of benzene rings is 2. The topological polar surface area (TPSA) is 132 Å². The number of amides is 1. The second-order valence-corrected chi connectivity index (χ2v) is 6.65. The number of nitro groups is 1. The van der Waals surface area contributed by atoms with Gasteiger partial charge in [0.05, 0.1) is 33.9 Å². The van der Waals surface area contributed by atoms with Crippen molar-refractivity contribution in [2.45, 2.75) is 6.92 Å². The van der Waals surface area contributed by atoms with Gasteiger partial charge in [0.1, 0.15) is 5.76 Å². The van der Waals surface area contributed by atoms with Crippen LogP contribution >= 0.6 is 11.6 Å². The summed E-state index contributed by atoms with van der Waals surface area (Å²) >= 11 is 6.03. The lowest BCUT2D eigenvalue weighted by atomic mass is 10.1. The normalized spacial score (nSPS) is 10.5. The number of nitrogens with zero attached hydrogens (tertiary/aromatic N) is 1. The number of anilines is 1. The number of ether oxygens (including phenoxy) is 1. The van der Waals surface area contributed by atoms with Crippen molar-refractivity contribution in [1.29, 1.82) is 0 Å². The number of nitro benzene ring substituents is 1. The van der Waals surface area contributed by atoms with Gasteiger partial charge in [0.2, 0.25) is 0 Å². The maximum Gasteiger partial charge on any atom is 0.335 e. The zero-order chi connectivity index (χ0) is 22.0. The number of carbonyl (C=O) groups excluding carboxylic acids is 1. The molecule has 154 valence electrons. The van der Waals surface area contributed by atoms with Gasteiger partial charge in [0.25, 0.3) is 11.6 Å². The molecule has 0 bridgehead atoms. The molecule has 3 aromatic rings. The molecule has 0 atom stereocenters. The van der Waals surface area contributed by atoms with Crippen LogP contribution in [0.4, 0.5) is 11.4 Å². The van der Waals surface area contributed by atoms with Crippen molar-refractivity contribution in [3.8, 4) is 17.1 Å². The van der Waals surface area contributed by atoms with E-state index in [0.29, 0.717) is 5.56 Å². The molecule has 0 spiro atoms. The monoisotopic (exact) mass is 430 g/mol. The molecule has 0 aliphatic carbocycles. The van der Waals surface area contributed by atoms with E-state index < -0.39 is 16.8 Å². The highest BCUT2D eigenvalue weighted by molar-refractivity contribution is 6.33. The SMILES string of the molecule is COc1c(Cl)cc(C(=O)O)cc1NC(=O)c1ccc(-c2ccc(C)cc2[N+](=O)[O-])o1. The van der Waals surface area contributed by atoms with Crippen LogP contribution in [0, 0.1) is 17.0 Å². The fourth-order valence-corrected chi connectivity index (χ4v) is 3.10. The van der Waals surface area contributed by atoms with Gasteiger partial charge in [-0.15, -0.1) is 0 Å². The lowest BCUT2D eigenvalue weighted by Crippen LogP contribution is -2.13. The van der Waals surface area contributed by atoms with E-state index in [1.165, 1.54) is 43.5 Å². The minimum atomic E-state index is -1.23. The van der Waals surface area contributed by atoms with E-state index in [-0.39, 0.29) is 44.8 Å². The van der Waals surface area contributed by atoms with Gasteiger partial charge in [0, 0.05) is 6.07 Å². The van der Waals surface area contributed by atoms with Gasteiger partial charge in [-0.2, -0.15) is 0 Å². The van der Waals surface area contributed by atoms with E-state index in [0.717, 1.165) is 0 Å². The quantitative estimate of drug-likeness (QED) is 0.425. The summed E-state index contributed by atoms with van der Waals surface area (Å²) in [6.45, 7) is 1.72. The molecule has 0 fully saturated rings. The molecule has 2 N–H and O–H groups in total. The Morgan fingerprint density at radius 2 is 1.93 bits per heavy atom. The van der Waals surface area contributed by atoms with E-state index in [9.17, 15) is 24.8 Å². The number of hydrogen-bond donors (Lipinski definition) is 2. The number of carboxylic acid groups (broad SMARTS) is 1. The predicted molar refractivity (Wildman–Crippen MR) is 108 cm³/mol. The van der Waals surface area contributed by atoms with Gasteiger partial charge in [0.15, 0.2) is 11.5 Å². The fraction of sp³-hybridized carbons (Fsp3) is 0.100. The van der Waals surface area contributed by atoms with Crippen LogP contribution in [0.3, 0.4) is 0 Å². The number of aromatic carboxylic acids is 1. The van der Waals surface area contributed by atoms with Crippen LogP contribution in [0.5, 0.6) is 5.75 Å². The molecule has 1 amide bonds. The molecule has 0 saturated heterocycles. The largest absolute Gasteiger partial charge is 0.493 e. The van der Waals surface area contributed by atoms with Crippen molar-refractivity contribution in [2.75, 3.05) is 12.4 Å². The third kappa shape index (κ3) is 4.11. The Kier molecular flexibility index (Phi) is 5.74. The van der Waals surface area contributed by atoms with Gasteiger partial charge >= 0.3 is 5.97 Å². The first-order chi connectivity index (χ1) is 14.2. The second-order valence-electron chi connectivity index (χ2n) is 6.24. The molecule has 3 rings (SSSR count). The van der Waals surface area contributed by atoms with Crippen LogP contribution in [0.25, 0.3) is 11.3 Å². The van der Waals surface area contributed by atoms with Crippen LogP contribution in [-0.4, -0.2) is 29.0 Å². The summed E-state index contributed by atoms with van der Waals surface area (Å²) in [5.74, 6) is -1.87. The number of hydrogen-bond acceptors (Lipinski definition) is 6. The zero-order valence-corrected chi connectivity index (χ0v) is 16.5. The maximum absolute atomic E-state index is 12.6. The Hall–Kier alpha value is -3.85. The summed E-state index contributed by atoms with van der Waals surface area (Å²) in [4.78, 5) is 34.6. The van der Waals surface area contributed by atoms with Gasteiger partial charge in [-0.3, -0.25) is 14.9 Å². The summed E-state index contributed by atoms with van der Waals surface area (Å²) in [6.07, 6.45) is 0. The second kappa shape index (κ2) is 8.26.